The van der Waals surface area contributed by atoms with E-state index < -0.39 is 5.82 Å². The molecule has 0 atom stereocenters. The Balaban J connectivity index is 1.52. The lowest BCUT2D eigenvalue weighted by Crippen LogP contribution is -2.35. The average molecular weight is 437 g/mol. The number of amides is 2. The molecule has 7 heteroatoms. The Morgan fingerprint density at radius 1 is 1.28 bits per heavy atom. The highest BCUT2D eigenvalue weighted by atomic mass is 19.1. The normalized spacial score (nSPS) is 16.0. The van der Waals surface area contributed by atoms with Crippen molar-refractivity contribution < 1.29 is 14.0 Å². The van der Waals surface area contributed by atoms with Gasteiger partial charge in [0, 0.05) is 41.3 Å². The quantitative estimate of drug-likeness (QED) is 0.667. The SMILES string of the molecule is CCN(CC)CCNC(=O)c1c(C)[nH]c2c1CC/C2=C/CC1=c2ccc(F)cc2=NC1=O. The summed E-state index contributed by atoms with van der Waals surface area (Å²) in [5.41, 5.74) is 5.31. The van der Waals surface area contributed by atoms with Crippen molar-refractivity contribution in [2.45, 2.75) is 40.0 Å². The summed E-state index contributed by atoms with van der Waals surface area (Å²) in [5, 5.41) is 4.15. The molecule has 0 unspecified atom stereocenters. The number of hydrogen-bond acceptors (Lipinski definition) is 3. The number of hydrogen-bond donors (Lipinski definition) is 2. The van der Waals surface area contributed by atoms with Gasteiger partial charge in [-0.15, -0.1) is 0 Å². The topological polar surface area (TPSA) is 77.6 Å². The molecule has 0 spiro atoms. The monoisotopic (exact) mass is 436 g/mol. The first kappa shape index (κ1) is 22.1. The van der Waals surface area contributed by atoms with Crippen LogP contribution in [0.5, 0.6) is 0 Å². The Bertz CT molecular complexity index is 1220. The lowest BCUT2D eigenvalue weighted by Gasteiger charge is -2.18. The molecule has 2 aliphatic rings. The highest BCUT2D eigenvalue weighted by molar-refractivity contribution is 6.15. The van der Waals surface area contributed by atoms with Crippen molar-refractivity contribution in [2.75, 3.05) is 26.2 Å². The summed E-state index contributed by atoms with van der Waals surface area (Å²) in [6, 6.07) is 4.26. The van der Waals surface area contributed by atoms with E-state index in [-0.39, 0.29) is 11.8 Å². The zero-order valence-corrected chi connectivity index (χ0v) is 18.8. The van der Waals surface area contributed by atoms with Crippen molar-refractivity contribution >= 4 is 23.0 Å². The van der Waals surface area contributed by atoms with Crippen LogP contribution in [-0.4, -0.2) is 47.9 Å². The first-order valence-electron chi connectivity index (χ1n) is 11.3. The van der Waals surface area contributed by atoms with Gasteiger partial charge in [-0.1, -0.05) is 19.9 Å². The molecule has 0 radical (unpaired) electrons. The summed E-state index contributed by atoms with van der Waals surface area (Å²) < 4.78 is 13.4. The summed E-state index contributed by atoms with van der Waals surface area (Å²) in [6.07, 6.45) is 4.07. The molecule has 4 rings (SSSR count). The van der Waals surface area contributed by atoms with E-state index in [4.69, 9.17) is 0 Å². The van der Waals surface area contributed by atoms with Gasteiger partial charge in [0.25, 0.3) is 11.8 Å². The van der Waals surface area contributed by atoms with Gasteiger partial charge in [0.15, 0.2) is 0 Å². The van der Waals surface area contributed by atoms with Crippen LogP contribution in [0.15, 0.2) is 29.3 Å². The first-order chi connectivity index (χ1) is 15.4. The fraction of sp³-hybridized carbons (Fsp3) is 0.400. The van der Waals surface area contributed by atoms with E-state index >= 15 is 0 Å². The van der Waals surface area contributed by atoms with Crippen LogP contribution in [0.1, 0.15) is 54.0 Å². The van der Waals surface area contributed by atoms with Gasteiger partial charge in [0.2, 0.25) is 0 Å². The number of H-pyrrole nitrogens is 1. The van der Waals surface area contributed by atoms with Crippen molar-refractivity contribution in [3.8, 4) is 0 Å². The van der Waals surface area contributed by atoms with Gasteiger partial charge in [0.1, 0.15) is 5.82 Å². The van der Waals surface area contributed by atoms with Crippen LogP contribution in [0.4, 0.5) is 4.39 Å². The van der Waals surface area contributed by atoms with Crippen LogP contribution >= 0.6 is 0 Å². The van der Waals surface area contributed by atoms with Gasteiger partial charge >= 0.3 is 0 Å². The summed E-state index contributed by atoms with van der Waals surface area (Å²) in [5.74, 6) is -0.745. The molecule has 0 bridgehead atoms. The molecular weight excluding hydrogens is 407 g/mol. The Kier molecular flexibility index (Phi) is 6.37. The van der Waals surface area contributed by atoms with E-state index in [1.165, 1.54) is 12.1 Å². The predicted molar refractivity (Wildman–Crippen MR) is 122 cm³/mol. The van der Waals surface area contributed by atoms with Crippen LogP contribution in [-0.2, 0) is 11.2 Å². The number of allylic oxidation sites excluding steroid dienone is 2. The maximum absolute atomic E-state index is 13.4. The molecule has 32 heavy (non-hydrogen) atoms. The molecule has 1 aliphatic heterocycles. The number of aromatic amines is 1. The molecule has 2 aromatic rings. The minimum Gasteiger partial charge on any atom is -0.358 e. The van der Waals surface area contributed by atoms with Crippen molar-refractivity contribution in [1.29, 1.82) is 0 Å². The van der Waals surface area contributed by atoms with E-state index in [1.54, 1.807) is 6.07 Å². The number of carbonyl (C=O) groups is 2. The third kappa shape index (κ3) is 4.17. The molecular formula is C25H29FN4O2. The number of rotatable bonds is 8. The number of aromatic nitrogens is 1. The standard InChI is InChI=1S/C25H29FN4O2/c1-4-30(5-2)13-12-27-25(32)22-15(3)28-23-16(7-10-20(22)23)6-9-19-18-11-8-17(26)14-21(18)29-24(19)31/h6,8,11,14,28H,4-5,7,9-10,12-13H2,1-3H3,(H,27,32)/b16-6-. The van der Waals surface area contributed by atoms with E-state index in [9.17, 15) is 14.0 Å². The second-order valence-electron chi connectivity index (χ2n) is 8.25. The molecule has 0 fully saturated rings. The molecule has 1 aromatic carbocycles. The van der Waals surface area contributed by atoms with E-state index in [1.807, 2.05) is 13.0 Å². The summed E-state index contributed by atoms with van der Waals surface area (Å²) in [6.45, 7) is 9.54. The van der Waals surface area contributed by atoms with Gasteiger partial charge in [-0.25, -0.2) is 9.38 Å². The molecule has 6 nitrogen and oxygen atoms in total. The molecule has 2 heterocycles. The highest BCUT2D eigenvalue weighted by Crippen LogP contribution is 2.36. The largest absolute Gasteiger partial charge is 0.358 e. The number of benzene rings is 1. The second-order valence-corrected chi connectivity index (χ2v) is 8.25. The maximum atomic E-state index is 13.4. The lowest BCUT2D eigenvalue weighted by atomic mass is 10.1. The minimum atomic E-state index is -0.398. The van der Waals surface area contributed by atoms with Crippen molar-refractivity contribution in [3.05, 3.63) is 63.2 Å². The Morgan fingerprint density at radius 2 is 2.06 bits per heavy atom. The number of halogens is 1. The minimum absolute atomic E-state index is 0.0384. The number of nitrogens with one attached hydrogen (secondary N) is 2. The Morgan fingerprint density at radius 3 is 2.81 bits per heavy atom. The molecule has 2 N–H and O–H groups in total. The second kappa shape index (κ2) is 9.20. The van der Waals surface area contributed by atoms with Crippen LogP contribution < -0.4 is 15.9 Å². The summed E-state index contributed by atoms with van der Waals surface area (Å²) >= 11 is 0. The lowest BCUT2D eigenvalue weighted by molar-refractivity contribution is -0.112. The fourth-order valence-corrected chi connectivity index (χ4v) is 4.62. The molecule has 0 saturated carbocycles. The van der Waals surface area contributed by atoms with Gasteiger partial charge in [-0.3, -0.25) is 9.59 Å². The fourth-order valence-electron chi connectivity index (χ4n) is 4.62. The average Bonchev–Trinajstić information content (AvgIpc) is 3.40. The van der Waals surface area contributed by atoms with Crippen molar-refractivity contribution in [3.63, 3.8) is 0 Å². The van der Waals surface area contributed by atoms with E-state index in [2.05, 4.69) is 34.0 Å². The Labute approximate surface area is 186 Å². The highest BCUT2D eigenvalue weighted by Gasteiger charge is 2.27. The maximum Gasteiger partial charge on any atom is 0.274 e. The molecule has 2 amide bonds. The van der Waals surface area contributed by atoms with E-state index in [0.29, 0.717) is 29.1 Å². The number of carbonyl (C=O) groups excluding carboxylic acids is 2. The van der Waals surface area contributed by atoms with Gasteiger partial charge < -0.3 is 15.2 Å². The summed E-state index contributed by atoms with van der Waals surface area (Å²) in [7, 11) is 0. The third-order valence-electron chi connectivity index (χ3n) is 6.41. The number of nitrogens with zero attached hydrogens (tertiary/aromatic N) is 2. The van der Waals surface area contributed by atoms with Gasteiger partial charge in [0.05, 0.1) is 10.9 Å². The van der Waals surface area contributed by atoms with Crippen LogP contribution in [0, 0.1) is 12.7 Å². The van der Waals surface area contributed by atoms with Crippen LogP contribution in [0.3, 0.4) is 0 Å². The van der Waals surface area contributed by atoms with Crippen LogP contribution in [0.25, 0.3) is 11.1 Å². The Hall–Kier alpha value is -3.06. The molecule has 1 aliphatic carbocycles. The zero-order valence-electron chi connectivity index (χ0n) is 18.8. The molecule has 0 saturated heterocycles. The van der Waals surface area contributed by atoms with Crippen LogP contribution in [0.2, 0.25) is 0 Å². The van der Waals surface area contributed by atoms with Crippen molar-refractivity contribution in [1.82, 2.24) is 15.2 Å². The predicted octanol–water partition coefficient (Wildman–Crippen LogP) is 2.26. The van der Waals surface area contributed by atoms with Gasteiger partial charge in [-0.05, 0) is 62.5 Å². The van der Waals surface area contributed by atoms with Crippen molar-refractivity contribution in [2.24, 2.45) is 4.99 Å². The number of likely N-dealkylation sites (N-methyl/N-ethyl adjacent to an activating group) is 1. The number of fused-ring (bicyclic) bond motifs is 2. The third-order valence-corrected chi connectivity index (χ3v) is 6.41. The molecule has 168 valence electrons. The first-order valence-corrected chi connectivity index (χ1v) is 11.3. The smallest absolute Gasteiger partial charge is 0.274 e. The summed E-state index contributed by atoms with van der Waals surface area (Å²) in [4.78, 5) is 34.8. The zero-order chi connectivity index (χ0) is 22.8. The number of aryl methyl sites for hydroxylation is 1. The van der Waals surface area contributed by atoms with E-state index in [0.717, 1.165) is 60.6 Å². The molecule has 1 aromatic heterocycles. The van der Waals surface area contributed by atoms with Gasteiger partial charge in [-0.2, -0.15) is 0 Å².